The number of sulfonamides is 1. The molecule has 2 aromatic rings. The van der Waals surface area contributed by atoms with Gasteiger partial charge in [0.1, 0.15) is 4.90 Å². The van der Waals surface area contributed by atoms with Crippen LogP contribution < -0.4 is 10.7 Å². The van der Waals surface area contributed by atoms with E-state index in [0.717, 1.165) is 0 Å². The molecular formula is C10H8ClN3O3S. The maximum Gasteiger partial charge on any atom is 0.264 e. The smallest absolute Gasteiger partial charge is 0.264 e. The molecule has 2 rings (SSSR count). The van der Waals surface area contributed by atoms with Gasteiger partial charge < -0.3 is 0 Å². The molecule has 0 aliphatic rings. The zero-order valence-corrected chi connectivity index (χ0v) is 10.5. The predicted molar refractivity (Wildman–Crippen MR) is 66.7 cm³/mol. The lowest BCUT2D eigenvalue weighted by molar-refractivity contribution is 0.598. The third kappa shape index (κ3) is 2.58. The van der Waals surface area contributed by atoms with Crippen molar-refractivity contribution >= 4 is 21.6 Å². The molecule has 3 N–H and O–H groups in total. The van der Waals surface area contributed by atoms with Gasteiger partial charge in [0, 0.05) is 11.6 Å². The van der Waals surface area contributed by atoms with Gasteiger partial charge in [0.2, 0.25) is 10.0 Å². The molecule has 0 aliphatic heterocycles. The molecular weight excluding hydrogens is 278 g/mol. The summed E-state index contributed by atoms with van der Waals surface area (Å²) in [7, 11) is -3.90. The molecule has 0 spiro atoms. The first-order valence-electron chi connectivity index (χ1n) is 4.76. The molecule has 0 unspecified atom stereocenters. The molecule has 0 radical (unpaired) electrons. The van der Waals surface area contributed by atoms with Gasteiger partial charge in [-0.15, -0.1) is 0 Å². The van der Waals surface area contributed by atoms with E-state index >= 15 is 0 Å². The predicted octanol–water partition coefficient (Wildman–Crippen LogP) is 0.738. The first-order chi connectivity index (χ1) is 8.38. The second kappa shape index (κ2) is 4.52. The summed E-state index contributed by atoms with van der Waals surface area (Å²) in [6, 6.07) is 7.04. The van der Waals surface area contributed by atoms with Crippen molar-refractivity contribution in [2.24, 2.45) is 5.14 Å². The first-order valence-corrected chi connectivity index (χ1v) is 6.69. The minimum Gasteiger partial charge on any atom is -0.268 e. The Morgan fingerprint density at radius 2 is 1.94 bits per heavy atom. The van der Waals surface area contributed by atoms with Crippen molar-refractivity contribution in [1.29, 1.82) is 0 Å². The first kappa shape index (κ1) is 12.7. The van der Waals surface area contributed by atoms with Gasteiger partial charge in [-0.05, 0) is 18.2 Å². The summed E-state index contributed by atoms with van der Waals surface area (Å²) in [6.45, 7) is 0. The molecule has 18 heavy (non-hydrogen) atoms. The molecule has 6 nitrogen and oxygen atoms in total. The van der Waals surface area contributed by atoms with E-state index < -0.39 is 10.0 Å². The number of H-pyrrole nitrogens is 1. The zero-order valence-electron chi connectivity index (χ0n) is 8.92. The van der Waals surface area contributed by atoms with Gasteiger partial charge in [-0.3, -0.25) is 4.79 Å². The second-order valence-corrected chi connectivity index (χ2v) is 5.43. The third-order valence-electron chi connectivity index (χ3n) is 2.21. The number of nitrogens with zero attached hydrogens (tertiary/aromatic N) is 1. The van der Waals surface area contributed by atoms with Crippen LogP contribution in [-0.2, 0) is 10.0 Å². The van der Waals surface area contributed by atoms with E-state index in [1.165, 1.54) is 24.3 Å². The Balaban J connectivity index is 2.61. The number of primary sulfonamides is 1. The normalized spacial score (nSPS) is 11.4. The van der Waals surface area contributed by atoms with Crippen LogP contribution in [-0.4, -0.2) is 18.6 Å². The molecule has 94 valence electrons. The second-order valence-electron chi connectivity index (χ2n) is 3.50. The number of rotatable bonds is 2. The summed E-state index contributed by atoms with van der Waals surface area (Å²) < 4.78 is 22.6. The summed E-state index contributed by atoms with van der Waals surface area (Å²) in [6.07, 6.45) is 0. The number of aromatic amines is 1. The molecule has 0 amide bonds. The number of benzene rings is 1. The van der Waals surface area contributed by atoms with Crippen molar-refractivity contribution in [2.45, 2.75) is 4.90 Å². The fourth-order valence-electron chi connectivity index (χ4n) is 1.39. The number of halogens is 1. The molecule has 0 bridgehead atoms. The fourth-order valence-corrected chi connectivity index (χ4v) is 2.46. The van der Waals surface area contributed by atoms with Crippen molar-refractivity contribution in [2.75, 3.05) is 0 Å². The monoisotopic (exact) mass is 285 g/mol. The summed E-state index contributed by atoms with van der Waals surface area (Å²) in [4.78, 5) is 10.7. The highest BCUT2D eigenvalue weighted by Gasteiger charge is 2.14. The topological polar surface area (TPSA) is 106 Å². The van der Waals surface area contributed by atoms with Gasteiger partial charge in [0.15, 0.2) is 0 Å². The van der Waals surface area contributed by atoms with E-state index in [1.54, 1.807) is 6.07 Å². The average Bonchev–Trinajstić information content (AvgIpc) is 2.29. The highest BCUT2D eigenvalue weighted by Crippen LogP contribution is 2.25. The highest BCUT2D eigenvalue weighted by atomic mass is 35.5. The number of hydrogen-bond donors (Lipinski definition) is 2. The number of aromatic nitrogens is 2. The third-order valence-corrected chi connectivity index (χ3v) is 3.61. The highest BCUT2D eigenvalue weighted by molar-refractivity contribution is 7.89. The van der Waals surface area contributed by atoms with Gasteiger partial charge >= 0.3 is 0 Å². The number of hydrogen-bond acceptors (Lipinski definition) is 4. The summed E-state index contributed by atoms with van der Waals surface area (Å²) >= 11 is 5.76. The van der Waals surface area contributed by atoms with Crippen molar-refractivity contribution in [3.63, 3.8) is 0 Å². The number of nitrogens with one attached hydrogen (secondary N) is 1. The van der Waals surface area contributed by atoms with E-state index in [9.17, 15) is 13.2 Å². The molecule has 0 aliphatic carbocycles. The molecule has 1 aromatic heterocycles. The van der Waals surface area contributed by atoms with E-state index in [0.29, 0.717) is 11.3 Å². The standard InChI is InChI=1S/C10H8ClN3O3S/c11-7-2-1-6(5-9(7)18(12,16)17)8-3-4-10(15)14-13-8/h1-5H,(H,14,15)(H2,12,16,17). The van der Waals surface area contributed by atoms with Gasteiger partial charge in [-0.1, -0.05) is 17.7 Å². The number of nitrogens with two attached hydrogens (primary N) is 1. The molecule has 0 atom stereocenters. The minimum absolute atomic E-state index is 0.0330. The Morgan fingerprint density at radius 1 is 1.22 bits per heavy atom. The Labute approximate surface area is 107 Å². The lowest BCUT2D eigenvalue weighted by atomic mass is 10.1. The van der Waals surface area contributed by atoms with E-state index in [-0.39, 0.29) is 15.5 Å². The largest absolute Gasteiger partial charge is 0.268 e. The maximum atomic E-state index is 11.3. The Bertz CT molecular complexity index is 735. The van der Waals surface area contributed by atoms with E-state index in [4.69, 9.17) is 16.7 Å². The summed E-state index contributed by atoms with van der Waals surface area (Å²) in [5.41, 5.74) is 0.551. The fraction of sp³-hybridized carbons (Fsp3) is 0. The van der Waals surface area contributed by atoms with E-state index in [2.05, 4.69) is 10.2 Å². The van der Waals surface area contributed by atoms with Crippen LogP contribution >= 0.6 is 11.6 Å². The Morgan fingerprint density at radius 3 is 2.50 bits per heavy atom. The van der Waals surface area contributed by atoms with Crippen LogP contribution in [0.1, 0.15) is 0 Å². The zero-order chi connectivity index (χ0) is 13.3. The van der Waals surface area contributed by atoms with E-state index in [1.807, 2.05) is 0 Å². The van der Waals surface area contributed by atoms with Gasteiger partial charge in [0.25, 0.3) is 5.56 Å². The quantitative estimate of drug-likeness (QED) is 0.848. The van der Waals surface area contributed by atoms with Gasteiger partial charge in [-0.25, -0.2) is 18.7 Å². The van der Waals surface area contributed by atoms with Crippen LogP contribution in [0.2, 0.25) is 5.02 Å². The minimum atomic E-state index is -3.90. The summed E-state index contributed by atoms with van der Waals surface area (Å²) in [5, 5.41) is 11.1. The van der Waals surface area contributed by atoms with Crippen LogP contribution in [0.15, 0.2) is 40.0 Å². The molecule has 0 saturated carbocycles. The van der Waals surface area contributed by atoms with Crippen LogP contribution in [0.5, 0.6) is 0 Å². The van der Waals surface area contributed by atoms with Crippen LogP contribution in [0, 0.1) is 0 Å². The summed E-state index contributed by atoms with van der Waals surface area (Å²) in [5.74, 6) is 0. The van der Waals surface area contributed by atoms with Gasteiger partial charge in [-0.2, -0.15) is 5.10 Å². The SMILES string of the molecule is NS(=O)(=O)c1cc(-c2ccc(=O)[nH]n2)ccc1Cl. The molecule has 0 fully saturated rings. The van der Waals surface area contributed by atoms with Crippen LogP contribution in [0.3, 0.4) is 0 Å². The molecule has 8 heteroatoms. The Kier molecular flexibility index (Phi) is 3.20. The maximum absolute atomic E-state index is 11.3. The molecule has 1 heterocycles. The Hall–Kier alpha value is -1.70. The van der Waals surface area contributed by atoms with Gasteiger partial charge in [0.05, 0.1) is 10.7 Å². The van der Waals surface area contributed by atoms with Crippen LogP contribution in [0.4, 0.5) is 0 Å². The van der Waals surface area contributed by atoms with Crippen molar-refractivity contribution < 1.29 is 8.42 Å². The lowest BCUT2D eigenvalue weighted by Crippen LogP contribution is -2.13. The van der Waals surface area contributed by atoms with Crippen LogP contribution in [0.25, 0.3) is 11.3 Å². The van der Waals surface area contributed by atoms with Crippen molar-refractivity contribution in [1.82, 2.24) is 10.2 Å². The lowest BCUT2D eigenvalue weighted by Gasteiger charge is -2.05. The average molecular weight is 286 g/mol. The van der Waals surface area contributed by atoms with Crippen molar-refractivity contribution in [3.05, 3.63) is 45.7 Å². The molecule has 0 saturated heterocycles. The molecule has 1 aromatic carbocycles. The van der Waals surface area contributed by atoms with Crippen molar-refractivity contribution in [3.8, 4) is 11.3 Å².